The summed E-state index contributed by atoms with van der Waals surface area (Å²) in [7, 11) is 1.68. The highest BCUT2D eigenvalue weighted by Gasteiger charge is 2.26. The molecular formula is C17H22N2OS. The normalized spacial score (nSPS) is 17.0. The molecule has 0 aliphatic heterocycles. The fourth-order valence-electron chi connectivity index (χ4n) is 3.22. The molecule has 3 nitrogen and oxygen atoms in total. The minimum atomic E-state index is 0.456. The summed E-state index contributed by atoms with van der Waals surface area (Å²) in [5.41, 5.74) is 1.12. The van der Waals surface area contributed by atoms with Crippen LogP contribution in [0.1, 0.15) is 42.2 Å². The summed E-state index contributed by atoms with van der Waals surface area (Å²) >= 11 is 1.85. The summed E-state index contributed by atoms with van der Waals surface area (Å²) in [6, 6.07) is 8.90. The van der Waals surface area contributed by atoms with Gasteiger partial charge in [-0.15, -0.1) is 11.3 Å². The predicted octanol–water partition coefficient (Wildman–Crippen LogP) is 4.17. The molecule has 0 radical (unpaired) electrons. The second kappa shape index (κ2) is 7.05. The molecule has 3 rings (SSSR count). The molecule has 0 amide bonds. The Hall–Kier alpha value is -1.39. The van der Waals surface area contributed by atoms with E-state index in [9.17, 15) is 0 Å². The van der Waals surface area contributed by atoms with Crippen LogP contribution in [0.4, 0.5) is 0 Å². The Morgan fingerprint density at radius 3 is 2.90 bits per heavy atom. The lowest BCUT2D eigenvalue weighted by Crippen LogP contribution is -2.26. The first-order valence-corrected chi connectivity index (χ1v) is 8.51. The Morgan fingerprint density at radius 2 is 2.19 bits per heavy atom. The van der Waals surface area contributed by atoms with Gasteiger partial charge in [-0.3, -0.25) is 0 Å². The third-order valence-electron chi connectivity index (χ3n) is 4.28. The summed E-state index contributed by atoms with van der Waals surface area (Å²) < 4.78 is 5.35. The largest absolute Gasteiger partial charge is 0.481 e. The van der Waals surface area contributed by atoms with Crippen molar-refractivity contribution < 1.29 is 4.74 Å². The van der Waals surface area contributed by atoms with Crippen molar-refractivity contribution in [2.75, 3.05) is 7.11 Å². The second-order valence-corrected chi connectivity index (χ2v) is 6.57. The van der Waals surface area contributed by atoms with Gasteiger partial charge < -0.3 is 10.1 Å². The zero-order valence-corrected chi connectivity index (χ0v) is 13.2. The van der Waals surface area contributed by atoms with Crippen LogP contribution < -0.4 is 10.1 Å². The number of hydrogen-bond acceptors (Lipinski definition) is 4. The Kier molecular flexibility index (Phi) is 4.88. The first-order valence-electron chi connectivity index (χ1n) is 7.63. The van der Waals surface area contributed by atoms with Gasteiger partial charge in [0.25, 0.3) is 0 Å². The number of aromatic nitrogens is 1. The van der Waals surface area contributed by atoms with Gasteiger partial charge in [-0.25, -0.2) is 4.98 Å². The van der Waals surface area contributed by atoms with E-state index in [1.165, 1.54) is 30.6 Å². The van der Waals surface area contributed by atoms with Gasteiger partial charge in [-0.1, -0.05) is 25.0 Å². The van der Waals surface area contributed by atoms with Gasteiger partial charge in [0.15, 0.2) is 0 Å². The van der Waals surface area contributed by atoms with Crippen molar-refractivity contribution in [2.24, 2.45) is 5.92 Å². The molecule has 0 saturated heterocycles. The lowest BCUT2D eigenvalue weighted by Gasteiger charge is -2.24. The van der Waals surface area contributed by atoms with Crippen LogP contribution in [0.3, 0.4) is 0 Å². The number of nitrogens with zero attached hydrogens (tertiary/aromatic N) is 1. The molecule has 0 spiro atoms. The SMILES string of the molecule is COc1ncccc1CNC(c1cccs1)C1CCCC1. The van der Waals surface area contributed by atoms with Gasteiger partial charge in [0.1, 0.15) is 0 Å². The first-order chi connectivity index (χ1) is 10.4. The molecule has 0 aromatic carbocycles. The highest BCUT2D eigenvalue weighted by molar-refractivity contribution is 7.10. The van der Waals surface area contributed by atoms with Crippen LogP contribution in [0.15, 0.2) is 35.8 Å². The van der Waals surface area contributed by atoms with Crippen LogP contribution in [0, 0.1) is 5.92 Å². The maximum Gasteiger partial charge on any atom is 0.217 e. The van der Waals surface area contributed by atoms with Gasteiger partial charge in [0, 0.05) is 29.2 Å². The fourth-order valence-corrected chi connectivity index (χ4v) is 4.11. The molecule has 1 unspecified atom stereocenters. The number of pyridine rings is 1. The average molecular weight is 302 g/mol. The maximum atomic E-state index is 5.35. The molecule has 1 fully saturated rings. The molecule has 2 heterocycles. The number of hydrogen-bond donors (Lipinski definition) is 1. The summed E-state index contributed by atoms with van der Waals surface area (Å²) in [6.45, 7) is 0.802. The van der Waals surface area contributed by atoms with Crippen molar-refractivity contribution in [2.45, 2.75) is 38.3 Å². The van der Waals surface area contributed by atoms with E-state index in [1.54, 1.807) is 13.3 Å². The van der Waals surface area contributed by atoms with Gasteiger partial charge >= 0.3 is 0 Å². The van der Waals surface area contributed by atoms with E-state index in [0.717, 1.165) is 23.9 Å². The summed E-state index contributed by atoms with van der Waals surface area (Å²) in [5, 5.41) is 5.92. The Labute approximate surface area is 130 Å². The molecule has 1 atom stereocenters. The van der Waals surface area contributed by atoms with Crippen LogP contribution in [-0.2, 0) is 6.54 Å². The lowest BCUT2D eigenvalue weighted by atomic mass is 9.96. The van der Waals surface area contributed by atoms with E-state index in [4.69, 9.17) is 4.74 Å². The quantitative estimate of drug-likeness (QED) is 0.869. The van der Waals surface area contributed by atoms with Gasteiger partial charge in [0.05, 0.1) is 7.11 Å². The topological polar surface area (TPSA) is 34.1 Å². The standard InChI is InChI=1S/C17H22N2OS/c1-20-17-14(8-4-10-18-17)12-19-16(13-6-2-3-7-13)15-9-5-11-21-15/h4-5,8-11,13,16,19H,2-3,6-7,12H2,1H3. The fraction of sp³-hybridized carbons (Fsp3) is 0.471. The van der Waals surface area contributed by atoms with Gasteiger partial charge in [0.2, 0.25) is 5.88 Å². The van der Waals surface area contributed by atoms with E-state index >= 15 is 0 Å². The minimum absolute atomic E-state index is 0.456. The Morgan fingerprint density at radius 1 is 1.33 bits per heavy atom. The van der Waals surface area contributed by atoms with Crippen molar-refractivity contribution in [3.05, 3.63) is 46.3 Å². The van der Waals surface area contributed by atoms with E-state index in [-0.39, 0.29) is 0 Å². The van der Waals surface area contributed by atoms with Gasteiger partial charge in [-0.05, 0) is 36.3 Å². The zero-order valence-electron chi connectivity index (χ0n) is 12.4. The van der Waals surface area contributed by atoms with E-state index in [0.29, 0.717) is 6.04 Å². The highest BCUT2D eigenvalue weighted by atomic mass is 32.1. The third-order valence-corrected chi connectivity index (χ3v) is 5.23. The second-order valence-electron chi connectivity index (χ2n) is 5.59. The number of thiophene rings is 1. The first kappa shape index (κ1) is 14.5. The number of nitrogens with one attached hydrogen (secondary N) is 1. The highest BCUT2D eigenvalue weighted by Crippen LogP contribution is 2.37. The van der Waals surface area contributed by atoms with Gasteiger partial charge in [-0.2, -0.15) is 0 Å². The molecule has 2 aromatic heterocycles. The maximum absolute atomic E-state index is 5.35. The zero-order chi connectivity index (χ0) is 14.5. The molecule has 4 heteroatoms. The van der Waals surface area contributed by atoms with E-state index in [2.05, 4.69) is 33.9 Å². The molecule has 0 bridgehead atoms. The molecule has 1 saturated carbocycles. The smallest absolute Gasteiger partial charge is 0.217 e. The van der Waals surface area contributed by atoms with Crippen LogP contribution in [-0.4, -0.2) is 12.1 Å². The minimum Gasteiger partial charge on any atom is -0.481 e. The van der Waals surface area contributed by atoms with Crippen molar-refractivity contribution in [1.82, 2.24) is 10.3 Å². The lowest BCUT2D eigenvalue weighted by molar-refractivity contribution is 0.359. The van der Waals surface area contributed by atoms with Crippen LogP contribution >= 0.6 is 11.3 Å². The number of rotatable bonds is 6. The van der Waals surface area contributed by atoms with Crippen molar-refractivity contribution in [1.29, 1.82) is 0 Å². The number of methoxy groups -OCH3 is 1. The monoisotopic (exact) mass is 302 g/mol. The Bertz CT molecular complexity index is 550. The molecule has 21 heavy (non-hydrogen) atoms. The third kappa shape index (κ3) is 3.44. The summed E-state index contributed by atoms with van der Waals surface area (Å²) in [4.78, 5) is 5.72. The molecule has 112 valence electrons. The van der Waals surface area contributed by atoms with Crippen molar-refractivity contribution in [3.63, 3.8) is 0 Å². The molecule has 1 N–H and O–H groups in total. The summed E-state index contributed by atoms with van der Waals surface area (Å²) in [5.74, 6) is 1.48. The van der Waals surface area contributed by atoms with E-state index in [1.807, 2.05) is 17.4 Å². The summed E-state index contributed by atoms with van der Waals surface area (Å²) in [6.07, 6.45) is 7.17. The van der Waals surface area contributed by atoms with Crippen LogP contribution in [0.2, 0.25) is 0 Å². The molecule has 2 aromatic rings. The number of ether oxygens (including phenoxy) is 1. The van der Waals surface area contributed by atoms with Crippen molar-refractivity contribution >= 4 is 11.3 Å². The van der Waals surface area contributed by atoms with Crippen LogP contribution in [0.5, 0.6) is 5.88 Å². The molecule has 1 aliphatic rings. The molecular weight excluding hydrogens is 280 g/mol. The van der Waals surface area contributed by atoms with Crippen LogP contribution in [0.25, 0.3) is 0 Å². The average Bonchev–Trinajstić information content (AvgIpc) is 3.22. The molecule has 1 aliphatic carbocycles. The van der Waals surface area contributed by atoms with E-state index < -0.39 is 0 Å². The predicted molar refractivity (Wildman–Crippen MR) is 86.6 cm³/mol. The van der Waals surface area contributed by atoms with Crippen molar-refractivity contribution in [3.8, 4) is 5.88 Å². The Balaban J connectivity index is 1.72.